The molecular weight excluding hydrogens is 297 g/mol. The molecule has 6 heteroatoms. The van der Waals surface area contributed by atoms with Crippen molar-refractivity contribution in [2.24, 2.45) is 0 Å². The minimum Gasteiger partial charge on any atom is -0.345 e. The average molecular weight is 311 g/mol. The maximum atomic E-state index is 12.5. The lowest BCUT2D eigenvalue weighted by Crippen LogP contribution is -2.40. The number of rotatable bonds is 3. The fourth-order valence-electron chi connectivity index (χ4n) is 1.53. The predicted molar refractivity (Wildman–Crippen MR) is 65.2 cm³/mol. The van der Waals surface area contributed by atoms with Gasteiger partial charge in [-0.3, -0.25) is 0 Å². The van der Waals surface area contributed by atoms with E-state index in [0.717, 1.165) is 10.0 Å². The van der Waals surface area contributed by atoms with Gasteiger partial charge in [0, 0.05) is 16.7 Å². The second kappa shape index (κ2) is 5.25. The van der Waals surface area contributed by atoms with E-state index in [-0.39, 0.29) is 6.04 Å². The molecular formula is C11H14BrF3N2. The van der Waals surface area contributed by atoms with Crippen LogP contribution in [0.1, 0.15) is 19.4 Å². The zero-order chi connectivity index (χ0) is 13.2. The number of nitrogens with zero attached hydrogens (tertiary/aromatic N) is 2. The summed E-state index contributed by atoms with van der Waals surface area (Å²) >= 11 is 3.24. The molecule has 0 amide bonds. The minimum atomic E-state index is -4.23. The van der Waals surface area contributed by atoms with E-state index in [9.17, 15) is 13.2 Å². The van der Waals surface area contributed by atoms with Crippen LogP contribution in [-0.4, -0.2) is 23.7 Å². The molecule has 0 aliphatic rings. The molecule has 0 fully saturated rings. The van der Waals surface area contributed by atoms with Crippen molar-refractivity contribution in [3.63, 3.8) is 0 Å². The Hall–Kier alpha value is -0.780. The van der Waals surface area contributed by atoms with E-state index in [1.165, 1.54) is 11.1 Å². The minimum absolute atomic E-state index is 0.260. The highest BCUT2D eigenvalue weighted by atomic mass is 79.9. The second-order valence-electron chi connectivity index (χ2n) is 4.13. The fourth-order valence-corrected chi connectivity index (χ4v) is 1.97. The van der Waals surface area contributed by atoms with Crippen LogP contribution < -0.4 is 4.90 Å². The summed E-state index contributed by atoms with van der Waals surface area (Å²) in [5, 5.41) is 0. The summed E-state index contributed by atoms with van der Waals surface area (Å²) in [5.41, 5.74) is 0.720. The Morgan fingerprint density at radius 2 is 2.00 bits per heavy atom. The van der Waals surface area contributed by atoms with Crippen molar-refractivity contribution in [2.75, 3.05) is 11.4 Å². The van der Waals surface area contributed by atoms with Crippen LogP contribution in [0.2, 0.25) is 0 Å². The lowest BCUT2D eigenvalue weighted by atomic mass is 10.2. The van der Waals surface area contributed by atoms with Crippen molar-refractivity contribution in [3.8, 4) is 0 Å². The number of hydrogen-bond donors (Lipinski definition) is 0. The van der Waals surface area contributed by atoms with Crippen LogP contribution in [0.15, 0.2) is 16.7 Å². The van der Waals surface area contributed by atoms with Crippen LogP contribution in [-0.2, 0) is 0 Å². The molecule has 0 saturated carbocycles. The van der Waals surface area contributed by atoms with Crippen molar-refractivity contribution in [1.82, 2.24) is 4.98 Å². The molecule has 0 atom stereocenters. The Kier molecular flexibility index (Phi) is 4.41. The van der Waals surface area contributed by atoms with Crippen LogP contribution in [0.4, 0.5) is 19.0 Å². The first-order chi connectivity index (χ1) is 7.70. The molecule has 1 aromatic heterocycles. The van der Waals surface area contributed by atoms with E-state index in [1.54, 1.807) is 26.8 Å². The Bertz CT molecular complexity index is 391. The van der Waals surface area contributed by atoms with Crippen LogP contribution in [0.3, 0.4) is 0 Å². The maximum Gasteiger partial charge on any atom is 0.405 e. The largest absolute Gasteiger partial charge is 0.405 e. The first kappa shape index (κ1) is 14.3. The molecule has 1 heterocycles. The molecule has 0 N–H and O–H groups in total. The van der Waals surface area contributed by atoms with Crippen molar-refractivity contribution in [3.05, 3.63) is 22.3 Å². The van der Waals surface area contributed by atoms with Gasteiger partial charge in [0.25, 0.3) is 0 Å². The number of aryl methyl sites for hydroxylation is 1. The summed E-state index contributed by atoms with van der Waals surface area (Å²) in [7, 11) is 0. The SMILES string of the molecule is Cc1cc(Br)cnc1N(CC(F)(F)F)C(C)C. The van der Waals surface area contributed by atoms with Gasteiger partial charge in [-0.05, 0) is 48.3 Å². The summed E-state index contributed by atoms with van der Waals surface area (Å²) < 4.78 is 38.2. The third-order valence-corrected chi connectivity index (χ3v) is 2.70. The first-order valence-electron chi connectivity index (χ1n) is 5.16. The Morgan fingerprint density at radius 3 is 2.41 bits per heavy atom. The van der Waals surface area contributed by atoms with E-state index in [4.69, 9.17) is 0 Å². The van der Waals surface area contributed by atoms with Crippen molar-refractivity contribution in [2.45, 2.75) is 33.0 Å². The van der Waals surface area contributed by atoms with Gasteiger partial charge in [0.2, 0.25) is 0 Å². The Labute approximate surface area is 107 Å². The molecule has 0 aromatic carbocycles. The maximum absolute atomic E-state index is 12.5. The van der Waals surface area contributed by atoms with Gasteiger partial charge in [0.05, 0.1) is 0 Å². The highest BCUT2D eigenvalue weighted by molar-refractivity contribution is 9.10. The average Bonchev–Trinajstić information content (AvgIpc) is 2.13. The van der Waals surface area contributed by atoms with E-state index < -0.39 is 12.7 Å². The standard InChI is InChI=1S/C11H14BrF3N2/c1-7(2)17(6-11(13,14)15)10-8(3)4-9(12)5-16-10/h4-5,7H,6H2,1-3H3. The number of aromatic nitrogens is 1. The van der Waals surface area contributed by atoms with Gasteiger partial charge in [-0.1, -0.05) is 0 Å². The van der Waals surface area contributed by atoms with Gasteiger partial charge in [-0.25, -0.2) is 4.98 Å². The third kappa shape index (κ3) is 4.18. The van der Waals surface area contributed by atoms with Gasteiger partial charge in [-0.15, -0.1) is 0 Å². The quantitative estimate of drug-likeness (QED) is 0.841. The second-order valence-corrected chi connectivity index (χ2v) is 5.05. The zero-order valence-electron chi connectivity index (χ0n) is 9.85. The molecule has 17 heavy (non-hydrogen) atoms. The van der Waals surface area contributed by atoms with Crippen molar-refractivity contribution < 1.29 is 13.2 Å². The lowest BCUT2D eigenvalue weighted by Gasteiger charge is -2.30. The molecule has 0 bridgehead atoms. The van der Waals surface area contributed by atoms with E-state index in [1.807, 2.05) is 0 Å². The third-order valence-electron chi connectivity index (χ3n) is 2.26. The number of alkyl halides is 3. The Morgan fingerprint density at radius 1 is 1.41 bits per heavy atom. The summed E-state index contributed by atoms with van der Waals surface area (Å²) in [4.78, 5) is 5.31. The van der Waals surface area contributed by atoms with E-state index in [0.29, 0.717) is 5.82 Å². The van der Waals surface area contributed by atoms with Gasteiger partial charge < -0.3 is 4.90 Å². The smallest absolute Gasteiger partial charge is 0.345 e. The van der Waals surface area contributed by atoms with Crippen LogP contribution >= 0.6 is 15.9 Å². The number of pyridine rings is 1. The summed E-state index contributed by atoms with van der Waals surface area (Å²) in [6.45, 7) is 4.20. The molecule has 0 radical (unpaired) electrons. The van der Waals surface area contributed by atoms with Gasteiger partial charge in [-0.2, -0.15) is 13.2 Å². The normalized spacial score (nSPS) is 12.0. The number of halogens is 4. The summed E-state index contributed by atoms with van der Waals surface area (Å²) in [5.74, 6) is 0.375. The molecule has 1 rings (SSSR count). The van der Waals surface area contributed by atoms with E-state index in [2.05, 4.69) is 20.9 Å². The monoisotopic (exact) mass is 310 g/mol. The van der Waals surface area contributed by atoms with Crippen molar-refractivity contribution >= 4 is 21.7 Å². The van der Waals surface area contributed by atoms with Gasteiger partial charge in [0.1, 0.15) is 12.4 Å². The number of hydrogen-bond acceptors (Lipinski definition) is 2. The molecule has 0 spiro atoms. The highest BCUT2D eigenvalue weighted by Crippen LogP contribution is 2.26. The van der Waals surface area contributed by atoms with Gasteiger partial charge in [0.15, 0.2) is 0 Å². The topological polar surface area (TPSA) is 16.1 Å². The molecule has 2 nitrogen and oxygen atoms in total. The molecule has 0 aliphatic carbocycles. The fraction of sp³-hybridized carbons (Fsp3) is 0.545. The molecule has 0 saturated heterocycles. The van der Waals surface area contributed by atoms with Crippen LogP contribution in [0, 0.1) is 6.92 Å². The first-order valence-corrected chi connectivity index (χ1v) is 5.95. The van der Waals surface area contributed by atoms with Crippen LogP contribution in [0.5, 0.6) is 0 Å². The van der Waals surface area contributed by atoms with E-state index >= 15 is 0 Å². The molecule has 0 unspecified atom stereocenters. The van der Waals surface area contributed by atoms with Crippen molar-refractivity contribution in [1.29, 1.82) is 0 Å². The molecule has 1 aromatic rings. The number of anilines is 1. The lowest BCUT2D eigenvalue weighted by molar-refractivity contribution is -0.120. The molecule has 0 aliphatic heterocycles. The summed E-state index contributed by atoms with van der Waals surface area (Å²) in [6, 6.07) is 1.50. The highest BCUT2D eigenvalue weighted by Gasteiger charge is 2.33. The van der Waals surface area contributed by atoms with Crippen LogP contribution in [0.25, 0.3) is 0 Å². The zero-order valence-corrected chi connectivity index (χ0v) is 11.4. The molecule has 96 valence electrons. The summed E-state index contributed by atoms with van der Waals surface area (Å²) in [6.07, 6.45) is -2.72. The van der Waals surface area contributed by atoms with Gasteiger partial charge >= 0.3 is 6.18 Å². The Balaban J connectivity index is 3.06. The predicted octanol–water partition coefficient (Wildman–Crippen LogP) is 3.93.